The lowest BCUT2D eigenvalue weighted by molar-refractivity contribution is 0.0956. The smallest absolute Gasteiger partial charge is 0.261 e. The van der Waals surface area contributed by atoms with Crippen LogP contribution in [0.5, 0.6) is 0 Å². The van der Waals surface area contributed by atoms with Crippen molar-refractivity contribution in [2.75, 3.05) is 6.54 Å². The van der Waals surface area contributed by atoms with Gasteiger partial charge in [0, 0.05) is 25.1 Å². The molecule has 1 saturated carbocycles. The molecule has 0 bridgehead atoms. The lowest BCUT2D eigenvalue weighted by Gasteiger charge is -2.10. The first-order chi connectivity index (χ1) is 11.1. The van der Waals surface area contributed by atoms with Crippen molar-refractivity contribution in [3.05, 3.63) is 50.3 Å². The van der Waals surface area contributed by atoms with E-state index in [4.69, 9.17) is 0 Å². The van der Waals surface area contributed by atoms with Crippen molar-refractivity contribution >= 4 is 17.2 Å². The number of aryl methyl sites for hydroxylation is 1. The van der Waals surface area contributed by atoms with Gasteiger partial charge in [0.05, 0.1) is 16.9 Å². The molecule has 0 saturated heterocycles. The molecule has 2 aromatic rings. The maximum absolute atomic E-state index is 12.2. The second kappa shape index (κ2) is 7.08. The van der Waals surface area contributed by atoms with E-state index in [2.05, 4.69) is 10.3 Å². The fraction of sp³-hybridized carbons (Fsp3) is 0.471. The number of carbonyl (C=O) groups is 1. The van der Waals surface area contributed by atoms with Crippen molar-refractivity contribution < 1.29 is 4.79 Å². The Morgan fingerprint density at radius 2 is 2.17 bits per heavy atom. The standard InChI is InChI=1S/C17H21N3O2S/c1-12-8-15(23-10-12)17(22)18-6-7-20-11-19-14(9-16(20)21)13-4-2-3-5-13/h8-11,13H,2-7H2,1H3,(H,18,22). The van der Waals surface area contributed by atoms with Gasteiger partial charge in [-0.3, -0.25) is 14.2 Å². The predicted molar refractivity (Wildman–Crippen MR) is 91.1 cm³/mol. The number of carbonyl (C=O) groups excluding carboxylic acids is 1. The van der Waals surface area contributed by atoms with E-state index in [0.29, 0.717) is 23.9 Å². The van der Waals surface area contributed by atoms with E-state index in [9.17, 15) is 9.59 Å². The average molecular weight is 331 g/mol. The second-order valence-electron chi connectivity index (χ2n) is 6.07. The van der Waals surface area contributed by atoms with Crippen molar-refractivity contribution in [2.24, 2.45) is 0 Å². The van der Waals surface area contributed by atoms with Crippen LogP contribution in [0.1, 0.15) is 52.5 Å². The van der Waals surface area contributed by atoms with Gasteiger partial charge in [0.25, 0.3) is 11.5 Å². The summed E-state index contributed by atoms with van der Waals surface area (Å²) in [6.45, 7) is 2.82. The maximum Gasteiger partial charge on any atom is 0.261 e. The highest BCUT2D eigenvalue weighted by Gasteiger charge is 2.18. The lowest BCUT2D eigenvalue weighted by Crippen LogP contribution is -2.30. The van der Waals surface area contributed by atoms with Gasteiger partial charge in [-0.2, -0.15) is 0 Å². The Kier molecular flexibility index (Phi) is 4.91. The molecule has 3 rings (SSSR count). The molecule has 5 nitrogen and oxygen atoms in total. The zero-order chi connectivity index (χ0) is 16.2. The largest absolute Gasteiger partial charge is 0.350 e. The van der Waals surface area contributed by atoms with Gasteiger partial charge in [-0.05, 0) is 36.8 Å². The topological polar surface area (TPSA) is 64.0 Å². The van der Waals surface area contributed by atoms with Gasteiger partial charge < -0.3 is 5.32 Å². The minimum absolute atomic E-state index is 0.0388. The fourth-order valence-corrected chi connectivity index (χ4v) is 3.79. The second-order valence-corrected chi connectivity index (χ2v) is 6.98. The van der Waals surface area contributed by atoms with E-state index in [1.807, 2.05) is 18.4 Å². The highest BCUT2D eigenvalue weighted by molar-refractivity contribution is 7.12. The molecule has 122 valence electrons. The van der Waals surface area contributed by atoms with Crippen LogP contribution in [0, 0.1) is 6.92 Å². The molecule has 0 aromatic carbocycles. The molecule has 0 unspecified atom stereocenters. The third kappa shape index (κ3) is 3.88. The molecular weight excluding hydrogens is 310 g/mol. The molecule has 2 heterocycles. The Morgan fingerprint density at radius 1 is 1.39 bits per heavy atom. The first kappa shape index (κ1) is 15.9. The Hall–Kier alpha value is -1.95. The summed E-state index contributed by atoms with van der Waals surface area (Å²) in [6.07, 6.45) is 6.32. The zero-order valence-corrected chi connectivity index (χ0v) is 14.1. The third-order valence-electron chi connectivity index (χ3n) is 4.27. The number of nitrogens with zero attached hydrogens (tertiary/aromatic N) is 2. The molecule has 1 amide bonds. The number of aromatic nitrogens is 2. The van der Waals surface area contributed by atoms with Gasteiger partial charge in [-0.1, -0.05) is 12.8 Å². The van der Waals surface area contributed by atoms with Gasteiger partial charge in [0.1, 0.15) is 0 Å². The zero-order valence-electron chi connectivity index (χ0n) is 13.2. The van der Waals surface area contributed by atoms with E-state index in [1.165, 1.54) is 24.2 Å². The molecule has 0 spiro atoms. The first-order valence-corrected chi connectivity index (χ1v) is 8.91. The summed E-state index contributed by atoms with van der Waals surface area (Å²) < 4.78 is 1.55. The minimum atomic E-state index is -0.0910. The molecule has 2 aromatic heterocycles. The summed E-state index contributed by atoms with van der Waals surface area (Å²) in [6, 6.07) is 3.52. The highest BCUT2D eigenvalue weighted by Crippen LogP contribution is 2.32. The monoisotopic (exact) mass is 331 g/mol. The number of nitrogens with one attached hydrogen (secondary N) is 1. The molecule has 0 aliphatic heterocycles. The molecular formula is C17H21N3O2S. The van der Waals surface area contributed by atoms with E-state index >= 15 is 0 Å². The van der Waals surface area contributed by atoms with Gasteiger partial charge in [0.2, 0.25) is 0 Å². The van der Waals surface area contributed by atoms with Gasteiger partial charge in [-0.15, -0.1) is 11.3 Å². The fourth-order valence-electron chi connectivity index (χ4n) is 2.98. The van der Waals surface area contributed by atoms with Crippen LogP contribution in [0.4, 0.5) is 0 Å². The van der Waals surface area contributed by atoms with Crippen LogP contribution in [0.15, 0.2) is 28.6 Å². The van der Waals surface area contributed by atoms with Gasteiger partial charge >= 0.3 is 0 Å². The maximum atomic E-state index is 12.2. The van der Waals surface area contributed by atoms with Crippen LogP contribution < -0.4 is 10.9 Å². The third-order valence-corrected chi connectivity index (χ3v) is 5.31. The number of hydrogen-bond acceptors (Lipinski definition) is 4. The summed E-state index contributed by atoms with van der Waals surface area (Å²) in [5.41, 5.74) is 1.97. The van der Waals surface area contributed by atoms with Crippen LogP contribution in [0.2, 0.25) is 0 Å². The van der Waals surface area contributed by atoms with Crippen molar-refractivity contribution in [2.45, 2.75) is 45.1 Å². The van der Waals surface area contributed by atoms with E-state index in [0.717, 1.165) is 24.1 Å². The normalized spacial score (nSPS) is 15.0. The average Bonchev–Trinajstić information content (AvgIpc) is 3.20. The molecule has 1 aliphatic rings. The summed E-state index contributed by atoms with van der Waals surface area (Å²) in [5.74, 6) is 0.353. The molecule has 0 atom stereocenters. The number of rotatable bonds is 5. The Balaban J connectivity index is 1.56. The van der Waals surface area contributed by atoms with Gasteiger partial charge in [0.15, 0.2) is 0 Å². The van der Waals surface area contributed by atoms with E-state index in [1.54, 1.807) is 17.0 Å². The summed E-state index contributed by atoms with van der Waals surface area (Å²) in [7, 11) is 0. The first-order valence-electron chi connectivity index (χ1n) is 8.03. The molecule has 1 aliphatic carbocycles. The summed E-state index contributed by atoms with van der Waals surface area (Å²) in [5, 5.41) is 4.79. The van der Waals surface area contributed by atoms with Crippen molar-refractivity contribution in [1.82, 2.24) is 14.9 Å². The predicted octanol–water partition coefficient (Wildman–Crippen LogP) is 2.70. The Bertz CT molecular complexity index is 744. The molecule has 1 fully saturated rings. The number of hydrogen-bond donors (Lipinski definition) is 1. The van der Waals surface area contributed by atoms with Crippen LogP contribution in [0.25, 0.3) is 0 Å². The van der Waals surface area contributed by atoms with Gasteiger partial charge in [-0.25, -0.2) is 4.98 Å². The van der Waals surface area contributed by atoms with E-state index in [-0.39, 0.29) is 11.5 Å². The molecule has 1 N–H and O–H groups in total. The SMILES string of the molecule is Cc1csc(C(=O)NCCn2cnc(C3CCCC3)cc2=O)c1. The van der Waals surface area contributed by atoms with Crippen molar-refractivity contribution in [3.63, 3.8) is 0 Å². The van der Waals surface area contributed by atoms with Crippen LogP contribution in [-0.4, -0.2) is 22.0 Å². The lowest BCUT2D eigenvalue weighted by atomic mass is 10.0. The highest BCUT2D eigenvalue weighted by atomic mass is 32.1. The van der Waals surface area contributed by atoms with E-state index < -0.39 is 0 Å². The minimum Gasteiger partial charge on any atom is -0.350 e. The van der Waals surface area contributed by atoms with Crippen LogP contribution in [0.3, 0.4) is 0 Å². The molecule has 0 radical (unpaired) electrons. The summed E-state index contributed by atoms with van der Waals surface area (Å²) >= 11 is 1.43. The Labute approximate surface area is 139 Å². The van der Waals surface area contributed by atoms with Crippen LogP contribution in [-0.2, 0) is 6.54 Å². The number of thiophene rings is 1. The molecule has 23 heavy (non-hydrogen) atoms. The van der Waals surface area contributed by atoms with Crippen molar-refractivity contribution in [3.8, 4) is 0 Å². The van der Waals surface area contributed by atoms with Crippen molar-refractivity contribution in [1.29, 1.82) is 0 Å². The number of amides is 1. The summed E-state index contributed by atoms with van der Waals surface area (Å²) in [4.78, 5) is 29.2. The Morgan fingerprint density at radius 3 is 2.83 bits per heavy atom. The quantitative estimate of drug-likeness (QED) is 0.916. The van der Waals surface area contributed by atoms with Crippen LogP contribution >= 0.6 is 11.3 Å². The molecule has 6 heteroatoms.